The van der Waals surface area contributed by atoms with Crippen LogP contribution in [0.25, 0.3) is 0 Å². The highest BCUT2D eigenvalue weighted by atomic mass is 127. The van der Waals surface area contributed by atoms with Crippen molar-refractivity contribution in [2.75, 3.05) is 63.8 Å². The lowest BCUT2D eigenvalue weighted by atomic mass is 10.2. The minimum atomic E-state index is 0. The van der Waals surface area contributed by atoms with E-state index in [2.05, 4.69) is 38.5 Å². The lowest BCUT2D eigenvalue weighted by Crippen LogP contribution is -2.52. The van der Waals surface area contributed by atoms with E-state index in [-0.39, 0.29) is 24.0 Å². The molecule has 0 saturated carbocycles. The number of hydrogen-bond acceptors (Lipinski definition) is 4. The van der Waals surface area contributed by atoms with Crippen LogP contribution in [0.5, 0.6) is 5.75 Å². The molecule has 0 aromatic heterocycles. The monoisotopic (exact) mass is 478 g/mol. The molecule has 1 N–H and O–H groups in total. The fraction of sp³-hybridized carbons (Fsp3) is 0.611. The number of nitrogens with one attached hydrogen (secondary N) is 1. The molecule has 1 aromatic rings. The molecular formula is C18H31IN4OS. The van der Waals surface area contributed by atoms with Crippen molar-refractivity contribution in [3.8, 4) is 5.75 Å². The largest absolute Gasteiger partial charge is 0.497 e. The standard InChI is InChI=1S/C18H30N4OS.HI/c1-19-18(20-10-4-5-15-24-3)22-13-11-21(12-14-22)16-6-8-17(23-2)9-7-16;/h6-9H,4-5,10-15H2,1-3H3,(H,19,20);1H. The molecule has 1 aliphatic rings. The quantitative estimate of drug-likeness (QED) is 0.282. The van der Waals surface area contributed by atoms with E-state index in [0.717, 1.165) is 44.4 Å². The minimum absolute atomic E-state index is 0. The molecule has 1 saturated heterocycles. The van der Waals surface area contributed by atoms with Crippen LogP contribution in [-0.4, -0.2) is 69.7 Å². The summed E-state index contributed by atoms with van der Waals surface area (Å²) in [5, 5.41) is 3.50. The molecule has 0 radical (unpaired) electrons. The second-order valence-corrected chi connectivity index (χ2v) is 6.83. The first-order valence-electron chi connectivity index (χ1n) is 8.62. The second kappa shape index (κ2) is 12.5. The Morgan fingerprint density at radius 2 is 1.84 bits per heavy atom. The Bertz CT molecular complexity index is 504. The average Bonchev–Trinajstić information content (AvgIpc) is 2.65. The van der Waals surface area contributed by atoms with Crippen LogP contribution >= 0.6 is 35.7 Å². The lowest BCUT2D eigenvalue weighted by molar-refractivity contribution is 0.372. The summed E-state index contributed by atoms with van der Waals surface area (Å²) in [5.74, 6) is 3.18. The molecule has 1 heterocycles. The van der Waals surface area contributed by atoms with Crippen LogP contribution < -0.4 is 15.0 Å². The summed E-state index contributed by atoms with van der Waals surface area (Å²) >= 11 is 1.91. The zero-order valence-corrected chi connectivity index (χ0v) is 18.7. The molecule has 7 heteroatoms. The number of unbranched alkanes of at least 4 members (excludes halogenated alkanes) is 1. The van der Waals surface area contributed by atoms with Crippen molar-refractivity contribution in [2.45, 2.75) is 12.8 Å². The number of piperazine rings is 1. The van der Waals surface area contributed by atoms with Crippen molar-refractivity contribution in [1.29, 1.82) is 0 Å². The number of methoxy groups -OCH3 is 1. The highest BCUT2D eigenvalue weighted by Crippen LogP contribution is 2.20. The number of thioether (sulfide) groups is 1. The van der Waals surface area contributed by atoms with E-state index in [1.54, 1.807) is 7.11 Å². The van der Waals surface area contributed by atoms with Gasteiger partial charge in [-0.05, 0) is 49.1 Å². The third-order valence-corrected chi connectivity index (χ3v) is 4.98. The smallest absolute Gasteiger partial charge is 0.193 e. The van der Waals surface area contributed by atoms with Gasteiger partial charge < -0.3 is 19.9 Å². The normalized spacial score (nSPS) is 14.9. The second-order valence-electron chi connectivity index (χ2n) is 5.85. The molecule has 0 amide bonds. The van der Waals surface area contributed by atoms with Gasteiger partial charge in [-0.2, -0.15) is 11.8 Å². The number of guanidine groups is 1. The van der Waals surface area contributed by atoms with Crippen molar-refractivity contribution < 1.29 is 4.74 Å². The third-order valence-electron chi connectivity index (χ3n) is 4.29. The summed E-state index contributed by atoms with van der Waals surface area (Å²) in [6.45, 7) is 5.03. The Balaban J connectivity index is 0.00000312. The van der Waals surface area contributed by atoms with E-state index in [4.69, 9.17) is 4.74 Å². The third kappa shape index (κ3) is 7.13. The van der Waals surface area contributed by atoms with Gasteiger partial charge in [-0.25, -0.2) is 0 Å². The molecule has 1 aliphatic heterocycles. The minimum Gasteiger partial charge on any atom is -0.497 e. The van der Waals surface area contributed by atoms with Crippen molar-refractivity contribution in [2.24, 2.45) is 4.99 Å². The van der Waals surface area contributed by atoms with Gasteiger partial charge in [0.2, 0.25) is 0 Å². The number of benzene rings is 1. The summed E-state index contributed by atoms with van der Waals surface area (Å²) in [7, 11) is 3.58. The maximum atomic E-state index is 5.23. The Hall–Kier alpha value is -0.830. The molecule has 0 unspecified atom stereocenters. The maximum Gasteiger partial charge on any atom is 0.193 e. The summed E-state index contributed by atoms with van der Waals surface area (Å²) in [6, 6.07) is 8.31. The Morgan fingerprint density at radius 3 is 2.40 bits per heavy atom. The fourth-order valence-electron chi connectivity index (χ4n) is 2.87. The average molecular weight is 478 g/mol. The van der Waals surface area contributed by atoms with Gasteiger partial charge in [0.05, 0.1) is 7.11 Å². The lowest BCUT2D eigenvalue weighted by Gasteiger charge is -2.37. The topological polar surface area (TPSA) is 40.1 Å². The van der Waals surface area contributed by atoms with E-state index >= 15 is 0 Å². The number of anilines is 1. The maximum absolute atomic E-state index is 5.23. The van der Waals surface area contributed by atoms with Crippen LogP contribution in [0.4, 0.5) is 5.69 Å². The Labute approximate surface area is 173 Å². The summed E-state index contributed by atoms with van der Waals surface area (Å²) in [4.78, 5) is 9.22. The van der Waals surface area contributed by atoms with Gasteiger partial charge >= 0.3 is 0 Å². The first-order valence-corrected chi connectivity index (χ1v) is 10.0. The van der Waals surface area contributed by atoms with E-state index in [1.807, 2.05) is 30.9 Å². The van der Waals surface area contributed by atoms with Crippen molar-refractivity contribution in [3.63, 3.8) is 0 Å². The van der Waals surface area contributed by atoms with Crippen LogP contribution in [0.15, 0.2) is 29.3 Å². The molecule has 2 rings (SSSR count). The molecule has 1 fully saturated rings. The van der Waals surface area contributed by atoms with Crippen LogP contribution in [0.1, 0.15) is 12.8 Å². The summed E-state index contributed by atoms with van der Waals surface area (Å²) < 4.78 is 5.23. The van der Waals surface area contributed by atoms with E-state index in [1.165, 1.54) is 24.3 Å². The van der Waals surface area contributed by atoms with Crippen LogP contribution in [0.2, 0.25) is 0 Å². The van der Waals surface area contributed by atoms with Gasteiger partial charge in [0.25, 0.3) is 0 Å². The van der Waals surface area contributed by atoms with Crippen LogP contribution in [-0.2, 0) is 0 Å². The number of hydrogen-bond donors (Lipinski definition) is 1. The van der Waals surface area contributed by atoms with Crippen molar-refractivity contribution in [1.82, 2.24) is 10.2 Å². The van der Waals surface area contributed by atoms with Gasteiger partial charge in [-0.1, -0.05) is 0 Å². The number of ether oxygens (including phenoxy) is 1. The van der Waals surface area contributed by atoms with Gasteiger partial charge in [0.1, 0.15) is 5.75 Å². The molecule has 0 aliphatic carbocycles. The fourth-order valence-corrected chi connectivity index (χ4v) is 3.37. The Morgan fingerprint density at radius 1 is 1.16 bits per heavy atom. The Kier molecular flexibility index (Phi) is 11.1. The molecule has 0 spiro atoms. The van der Waals surface area contributed by atoms with Crippen molar-refractivity contribution in [3.05, 3.63) is 24.3 Å². The predicted octanol–water partition coefficient (Wildman–Crippen LogP) is 3.15. The summed E-state index contributed by atoms with van der Waals surface area (Å²) in [6.07, 6.45) is 4.62. The molecule has 25 heavy (non-hydrogen) atoms. The van der Waals surface area contributed by atoms with Crippen LogP contribution in [0.3, 0.4) is 0 Å². The van der Waals surface area contributed by atoms with Gasteiger partial charge in [0.15, 0.2) is 5.96 Å². The van der Waals surface area contributed by atoms with Crippen LogP contribution in [0, 0.1) is 0 Å². The van der Waals surface area contributed by atoms with E-state index < -0.39 is 0 Å². The zero-order chi connectivity index (χ0) is 17.2. The van der Waals surface area contributed by atoms with E-state index in [0.29, 0.717) is 0 Å². The first-order chi connectivity index (χ1) is 11.8. The molecule has 5 nitrogen and oxygen atoms in total. The first kappa shape index (κ1) is 22.2. The summed E-state index contributed by atoms with van der Waals surface area (Å²) in [5.41, 5.74) is 1.26. The molecule has 0 atom stereocenters. The molecule has 1 aromatic carbocycles. The molecular weight excluding hydrogens is 447 g/mol. The van der Waals surface area contributed by atoms with Gasteiger partial charge in [0, 0.05) is 45.5 Å². The highest BCUT2D eigenvalue weighted by molar-refractivity contribution is 14.0. The highest BCUT2D eigenvalue weighted by Gasteiger charge is 2.19. The van der Waals surface area contributed by atoms with E-state index in [9.17, 15) is 0 Å². The van der Waals surface area contributed by atoms with Crippen molar-refractivity contribution >= 4 is 47.4 Å². The number of rotatable bonds is 7. The molecule has 0 bridgehead atoms. The zero-order valence-electron chi connectivity index (χ0n) is 15.5. The van der Waals surface area contributed by atoms with Gasteiger partial charge in [-0.3, -0.25) is 4.99 Å². The number of nitrogens with zero attached hydrogens (tertiary/aromatic N) is 3. The number of halogens is 1. The predicted molar refractivity (Wildman–Crippen MR) is 121 cm³/mol. The SMILES string of the molecule is CN=C(NCCCCSC)N1CCN(c2ccc(OC)cc2)CC1.I. The number of aliphatic imine (C=N–C) groups is 1. The molecule has 142 valence electrons. The van der Waals surface area contributed by atoms with Gasteiger partial charge in [-0.15, -0.1) is 24.0 Å².